The van der Waals surface area contributed by atoms with Gasteiger partial charge in [0.05, 0.1) is 5.33 Å². The number of hydrogen-bond donors (Lipinski definition) is 0. The molecule has 1 aromatic heterocycles. The van der Waals surface area contributed by atoms with Gasteiger partial charge in [-0.3, -0.25) is 0 Å². The van der Waals surface area contributed by atoms with Gasteiger partial charge in [-0.05, 0) is 49.9 Å². The Labute approximate surface area is 130 Å². The number of halogens is 1. The highest BCUT2D eigenvalue weighted by Gasteiger charge is 2.35. The van der Waals surface area contributed by atoms with Crippen molar-refractivity contribution >= 4 is 15.9 Å². The van der Waals surface area contributed by atoms with E-state index in [0.29, 0.717) is 17.4 Å². The minimum Gasteiger partial charge on any atom is -0.311 e. The number of aromatic nitrogens is 3. The van der Waals surface area contributed by atoms with E-state index in [4.69, 9.17) is 0 Å². The van der Waals surface area contributed by atoms with E-state index in [9.17, 15) is 0 Å². The van der Waals surface area contributed by atoms with Crippen molar-refractivity contribution < 1.29 is 0 Å². The molecule has 0 radical (unpaired) electrons. The quantitative estimate of drug-likeness (QED) is 0.738. The highest BCUT2D eigenvalue weighted by atomic mass is 79.9. The fourth-order valence-electron chi connectivity index (χ4n) is 3.66. The molecule has 20 heavy (non-hydrogen) atoms. The molecule has 3 rings (SSSR count). The van der Waals surface area contributed by atoms with Gasteiger partial charge in [0.15, 0.2) is 0 Å². The minimum atomic E-state index is 0.455. The fraction of sp³-hybridized carbons (Fsp3) is 0.875. The minimum absolute atomic E-state index is 0.455. The molecule has 0 spiro atoms. The smallest absolute Gasteiger partial charge is 0.143 e. The third-order valence-corrected chi connectivity index (χ3v) is 5.64. The Morgan fingerprint density at radius 1 is 1.05 bits per heavy atom. The van der Waals surface area contributed by atoms with Gasteiger partial charge < -0.3 is 4.57 Å². The van der Waals surface area contributed by atoms with Gasteiger partial charge in [0, 0.05) is 12.0 Å². The van der Waals surface area contributed by atoms with E-state index in [2.05, 4.69) is 51.5 Å². The van der Waals surface area contributed by atoms with E-state index in [1.807, 2.05) is 0 Å². The van der Waals surface area contributed by atoms with Crippen LogP contribution in [-0.4, -0.2) is 14.8 Å². The van der Waals surface area contributed by atoms with Crippen LogP contribution in [0.3, 0.4) is 0 Å². The van der Waals surface area contributed by atoms with Crippen LogP contribution in [-0.2, 0) is 5.33 Å². The first-order valence-corrected chi connectivity index (χ1v) is 9.12. The zero-order chi connectivity index (χ0) is 14.3. The molecule has 2 aliphatic carbocycles. The third-order valence-electron chi connectivity index (χ3n) is 5.14. The van der Waals surface area contributed by atoms with Crippen LogP contribution in [0.2, 0.25) is 0 Å². The average molecular weight is 340 g/mol. The topological polar surface area (TPSA) is 30.7 Å². The molecule has 0 aromatic carbocycles. The molecule has 4 heteroatoms. The molecule has 1 heterocycles. The summed E-state index contributed by atoms with van der Waals surface area (Å²) in [7, 11) is 0. The second-order valence-electron chi connectivity index (χ2n) is 7.62. The Balaban J connectivity index is 1.74. The van der Waals surface area contributed by atoms with E-state index in [-0.39, 0.29) is 0 Å². The van der Waals surface area contributed by atoms with Crippen molar-refractivity contribution in [2.24, 2.45) is 11.3 Å². The Hall–Kier alpha value is -0.380. The summed E-state index contributed by atoms with van der Waals surface area (Å²) in [5.74, 6) is 3.90. The summed E-state index contributed by atoms with van der Waals surface area (Å²) >= 11 is 3.55. The monoisotopic (exact) mass is 339 g/mol. The van der Waals surface area contributed by atoms with Gasteiger partial charge >= 0.3 is 0 Å². The number of nitrogens with zero attached hydrogens (tertiary/aromatic N) is 3. The molecule has 2 saturated carbocycles. The van der Waals surface area contributed by atoms with E-state index in [0.717, 1.165) is 17.1 Å². The molecule has 3 nitrogen and oxygen atoms in total. The summed E-state index contributed by atoms with van der Waals surface area (Å²) < 4.78 is 2.44. The van der Waals surface area contributed by atoms with Crippen molar-refractivity contribution in [2.75, 3.05) is 0 Å². The molecule has 0 N–H and O–H groups in total. The van der Waals surface area contributed by atoms with Crippen molar-refractivity contribution in [3.05, 3.63) is 11.6 Å². The molecule has 0 amide bonds. The summed E-state index contributed by atoms with van der Waals surface area (Å²) in [4.78, 5) is 0. The maximum Gasteiger partial charge on any atom is 0.143 e. The molecule has 0 atom stereocenters. The van der Waals surface area contributed by atoms with E-state index < -0.39 is 0 Å². The van der Waals surface area contributed by atoms with Crippen LogP contribution in [0.25, 0.3) is 0 Å². The Kier molecular flexibility index (Phi) is 3.95. The Morgan fingerprint density at radius 3 is 2.20 bits per heavy atom. The van der Waals surface area contributed by atoms with Crippen molar-refractivity contribution in [3.63, 3.8) is 0 Å². The van der Waals surface area contributed by atoms with Gasteiger partial charge in [0.1, 0.15) is 11.6 Å². The fourth-order valence-corrected chi connectivity index (χ4v) is 4.04. The molecular weight excluding hydrogens is 314 g/mol. The standard InChI is InChI=1S/C16H26BrN3/c1-16(2,3)12-6-4-11(5-7-12)15-19-18-14(10-17)20(15)13-8-9-13/h11-13H,4-10H2,1-3H3. The highest BCUT2D eigenvalue weighted by molar-refractivity contribution is 9.08. The summed E-state index contributed by atoms with van der Waals surface area (Å²) in [5.41, 5.74) is 0.455. The maximum atomic E-state index is 4.54. The van der Waals surface area contributed by atoms with Crippen molar-refractivity contribution in [1.82, 2.24) is 14.8 Å². The van der Waals surface area contributed by atoms with Gasteiger partial charge in [-0.1, -0.05) is 36.7 Å². The lowest BCUT2D eigenvalue weighted by Gasteiger charge is -2.36. The van der Waals surface area contributed by atoms with Crippen molar-refractivity contribution in [2.45, 2.75) is 76.6 Å². The van der Waals surface area contributed by atoms with E-state index >= 15 is 0 Å². The molecule has 0 unspecified atom stereocenters. The zero-order valence-electron chi connectivity index (χ0n) is 12.9. The first-order chi connectivity index (χ1) is 9.50. The lowest BCUT2D eigenvalue weighted by molar-refractivity contribution is 0.166. The molecule has 0 saturated heterocycles. The van der Waals surface area contributed by atoms with Gasteiger partial charge in [-0.15, -0.1) is 10.2 Å². The van der Waals surface area contributed by atoms with Crippen LogP contribution in [0, 0.1) is 11.3 Å². The van der Waals surface area contributed by atoms with Crippen LogP contribution >= 0.6 is 15.9 Å². The summed E-state index contributed by atoms with van der Waals surface area (Å²) in [5, 5.41) is 9.77. The molecule has 112 valence electrons. The third kappa shape index (κ3) is 2.81. The highest BCUT2D eigenvalue weighted by Crippen LogP contribution is 2.45. The molecule has 2 aliphatic rings. The van der Waals surface area contributed by atoms with E-state index in [1.165, 1.54) is 44.3 Å². The van der Waals surface area contributed by atoms with E-state index in [1.54, 1.807) is 0 Å². The molecule has 0 bridgehead atoms. The predicted octanol–water partition coefficient (Wildman–Crippen LogP) is 4.83. The van der Waals surface area contributed by atoms with Gasteiger partial charge in [-0.25, -0.2) is 0 Å². The lowest BCUT2D eigenvalue weighted by Crippen LogP contribution is -2.26. The average Bonchev–Trinajstić information content (AvgIpc) is 3.17. The van der Waals surface area contributed by atoms with Gasteiger partial charge in [0.25, 0.3) is 0 Å². The van der Waals surface area contributed by atoms with Crippen molar-refractivity contribution in [3.8, 4) is 0 Å². The predicted molar refractivity (Wildman–Crippen MR) is 85.1 cm³/mol. The SMILES string of the molecule is CC(C)(C)C1CCC(c2nnc(CBr)n2C2CC2)CC1. The number of hydrogen-bond acceptors (Lipinski definition) is 2. The first-order valence-electron chi connectivity index (χ1n) is 8.00. The van der Waals surface area contributed by atoms with Crippen molar-refractivity contribution in [1.29, 1.82) is 0 Å². The van der Waals surface area contributed by atoms with Crippen LogP contribution in [0.15, 0.2) is 0 Å². The summed E-state index contributed by atoms with van der Waals surface area (Å²) in [6.45, 7) is 7.15. The molecule has 2 fully saturated rings. The zero-order valence-corrected chi connectivity index (χ0v) is 14.5. The van der Waals surface area contributed by atoms with Crippen LogP contribution in [0.1, 0.15) is 82.9 Å². The first kappa shape index (κ1) is 14.6. The van der Waals surface area contributed by atoms with Crippen LogP contribution in [0.5, 0.6) is 0 Å². The number of rotatable bonds is 3. The Bertz CT molecular complexity index is 463. The summed E-state index contributed by atoms with van der Waals surface area (Å²) in [6.07, 6.45) is 7.87. The second-order valence-corrected chi connectivity index (χ2v) is 8.18. The molecule has 0 aliphatic heterocycles. The Morgan fingerprint density at radius 2 is 1.70 bits per heavy atom. The van der Waals surface area contributed by atoms with Gasteiger partial charge in [0.2, 0.25) is 0 Å². The largest absolute Gasteiger partial charge is 0.311 e. The maximum absolute atomic E-state index is 4.54. The summed E-state index contributed by atoms with van der Waals surface area (Å²) in [6, 6.07) is 0.688. The number of alkyl halides is 1. The lowest BCUT2D eigenvalue weighted by atomic mass is 9.69. The molecule has 1 aromatic rings. The normalized spacial score (nSPS) is 27.8. The molecular formula is C16H26BrN3. The van der Waals surface area contributed by atoms with Gasteiger partial charge in [-0.2, -0.15) is 0 Å². The van der Waals surface area contributed by atoms with Crippen LogP contribution < -0.4 is 0 Å². The van der Waals surface area contributed by atoms with Crippen LogP contribution in [0.4, 0.5) is 0 Å². The second kappa shape index (κ2) is 5.43.